The Balaban J connectivity index is 1.44. The maximum absolute atomic E-state index is 12.4. The van der Waals surface area contributed by atoms with E-state index >= 15 is 0 Å². The van der Waals surface area contributed by atoms with Crippen molar-refractivity contribution >= 4 is 34.1 Å². The Labute approximate surface area is 156 Å². The molecule has 1 amide bonds. The normalized spacial score (nSPS) is 12.8. The molecule has 1 unspecified atom stereocenters. The van der Waals surface area contributed by atoms with Crippen molar-refractivity contribution in [3.8, 4) is 0 Å². The van der Waals surface area contributed by atoms with Crippen LogP contribution in [-0.4, -0.2) is 26.7 Å². The lowest BCUT2D eigenvalue weighted by Gasteiger charge is -2.11. The van der Waals surface area contributed by atoms with Crippen LogP contribution < -0.4 is 5.43 Å². The fourth-order valence-corrected chi connectivity index (χ4v) is 3.27. The number of fused-ring (bicyclic) bond motifs is 2. The van der Waals surface area contributed by atoms with Crippen molar-refractivity contribution in [1.29, 1.82) is 0 Å². The number of para-hydroxylation sites is 3. The summed E-state index contributed by atoms with van der Waals surface area (Å²) >= 11 is 0. The van der Waals surface area contributed by atoms with Gasteiger partial charge in [0.15, 0.2) is 0 Å². The van der Waals surface area contributed by atoms with E-state index in [0.717, 1.165) is 33.2 Å². The second-order valence-electron chi connectivity index (χ2n) is 6.73. The number of benzene rings is 2. The molecule has 2 aromatic heterocycles. The van der Waals surface area contributed by atoms with Crippen molar-refractivity contribution in [1.82, 2.24) is 20.0 Å². The Bertz CT molecular complexity index is 1140. The molecule has 0 fully saturated rings. The highest BCUT2D eigenvalue weighted by Crippen LogP contribution is 2.20. The van der Waals surface area contributed by atoms with Crippen LogP contribution >= 0.6 is 0 Å². The maximum atomic E-state index is 12.4. The summed E-state index contributed by atoms with van der Waals surface area (Å²) in [7, 11) is 0. The number of carbonyl (C=O) groups is 1. The van der Waals surface area contributed by atoms with Crippen LogP contribution in [0.5, 0.6) is 0 Å². The fraction of sp³-hybridized carbons (Fsp3) is 0.190. The van der Waals surface area contributed by atoms with Gasteiger partial charge in [0.25, 0.3) is 0 Å². The number of aryl methyl sites for hydroxylation is 1. The van der Waals surface area contributed by atoms with Gasteiger partial charge in [-0.25, -0.2) is 10.4 Å². The molecule has 0 radical (unpaired) electrons. The smallest absolute Gasteiger partial charge is 0.244 e. The number of rotatable bonds is 5. The number of aromatic amines is 1. The number of hydrazone groups is 1. The van der Waals surface area contributed by atoms with E-state index < -0.39 is 0 Å². The molecule has 1 atom stereocenters. The summed E-state index contributed by atoms with van der Waals surface area (Å²) in [6, 6.07) is 15.9. The molecule has 0 bridgehead atoms. The molecular formula is C21H21N5O. The van der Waals surface area contributed by atoms with Crippen LogP contribution in [0.4, 0.5) is 0 Å². The highest BCUT2D eigenvalue weighted by Gasteiger charge is 2.14. The number of H-pyrrole nitrogens is 1. The molecule has 0 aliphatic heterocycles. The summed E-state index contributed by atoms with van der Waals surface area (Å²) in [4.78, 5) is 20.1. The second-order valence-corrected chi connectivity index (χ2v) is 6.73. The van der Waals surface area contributed by atoms with Gasteiger partial charge in [0.2, 0.25) is 5.91 Å². The van der Waals surface area contributed by atoms with Crippen molar-refractivity contribution < 1.29 is 4.79 Å². The molecule has 6 nitrogen and oxygen atoms in total. The number of hydrogen-bond acceptors (Lipinski definition) is 3. The van der Waals surface area contributed by atoms with Gasteiger partial charge in [-0.15, -0.1) is 0 Å². The van der Waals surface area contributed by atoms with Crippen LogP contribution in [0.3, 0.4) is 0 Å². The molecule has 2 N–H and O–H groups in total. The van der Waals surface area contributed by atoms with Crippen molar-refractivity contribution in [3.63, 3.8) is 0 Å². The third kappa shape index (κ3) is 3.33. The van der Waals surface area contributed by atoms with Crippen LogP contribution in [0.25, 0.3) is 21.9 Å². The van der Waals surface area contributed by atoms with Gasteiger partial charge in [-0.3, -0.25) is 4.79 Å². The Morgan fingerprint density at radius 3 is 2.93 bits per heavy atom. The zero-order valence-corrected chi connectivity index (χ0v) is 15.3. The van der Waals surface area contributed by atoms with Crippen molar-refractivity contribution in [2.75, 3.05) is 0 Å². The van der Waals surface area contributed by atoms with Crippen molar-refractivity contribution in [2.24, 2.45) is 11.0 Å². The van der Waals surface area contributed by atoms with Gasteiger partial charge in [0, 0.05) is 28.7 Å². The number of aromatic nitrogens is 3. The van der Waals surface area contributed by atoms with Crippen LogP contribution in [0.1, 0.15) is 18.2 Å². The zero-order valence-electron chi connectivity index (χ0n) is 15.3. The number of nitrogens with one attached hydrogen (secondary N) is 2. The molecule has 0 spiro atoms. The second kappa shape index (κ2) is 7.07. The molecule has 2 aromatic carbocycles. The van der Waals surface area contributed by atoms with E-state index in [0.29, 0.717) is 6.54 Å². The third-order valence-electron chi connectivity index (χ3n) is 4.76. The van der Waals surface area contributed by atoms with E-state index in [1.807, 2.05) is 66.9 Å². The SMILES string of the molecule is Cc1[nH]c2ccccc2c1/C=N/NC(=O)C(C)Cn1cnc2ccccc21. The number of imidazole rings is 1. The Kier molecular flexibility index (Phi) is 4.46. The van der Waals surface area contributed by atoms with Crippen molar-refractivity contribution in [2.45, 2.75) is 20.4 Å². The lowest BCUT2D eigenvalue weighted by Crippen LogP contribution is -2.28. The molecule has 6 heteroatoms. The van der Waals surface area contributed by atoms with Gasteiger partial charge in [0.1, 0.15) is 0 Å². The van der Waals surface area contributed by atoms with Crippen LogP contribution in [0, 0.1) is 12.8 Å². The minimum absolute atomic E-state index is 0.124. The lowest BCUT2D eigenvalue weighted by atomic mass is 10.1. The molecule has 4 aromatic rings. The lowest BCUT2D eigenvalue weighted by molar-refractivity contribution is -0.124. The van der Waals surface area contributed by atoms with Gasteiger partial charge >= 0.3 is 0 Å². The fourth-order valence-electron chi connectivity index (χ4n) is 3.27. The number of amides is 1. The molecule has 136 valence electrons. The summed E-state index contributed by atoms with van der Waals surface area (Å²) in [5.74, 6) is -0.356. The highest BCUT2D eigenvalue weighted by molar-refractivity contribution is 6.00. The van der Waals surface area contributed by atoms with E-state index in [2.05, 4.69) is 20.5 Å². The first kappa shape index (κ1) is 17.0. The molecule has 0 aliphatic carbocycles. The Morgan fingerprint density at radius 2 is 2.04 bits per heavy atom. The molecule has 0 aliphatic rings. The number of hydrogen-bond donors (Lipinski definition) is 2. The van der Waals surface area contributed by atoms with E-state index in [9.17, 15) is 4.79 Å². The predicted molar refractivity (Wildman–Crippen MR) is 108 cm³/mol. The first-order valence-corrected chi connectivity index (χ1v) is 8.93. The molecule has 0 saturated heterocycles. The molecule has 27 heavy (non-hydrogen) atoms. The molecule has 4 rings (SSSR count). The van der Waals surface area contributed by atoms with E-state index in [4.69, 9.17) is 0 Å². The van der Waals surface area contributed by atoms with Crippen molar-refractivity contribution in [3.05, 3.63) is 66.1 Å². The average molecular weight is 359 g/mol. The molecular weight excluding hydrogens is 338 g/mol. The summed E-state index contributed by atoms with van der Waals surface area (Å²) in [6.45, 7) is 4.43. The summed E-state index contributed by atoms with van der Waals surface area (Å²) < 4.78 is 1.99. The summed E-state index contributed by atoms with van der Waals surface area (Å²) in [5.41, 5.74) is 7.67. The third-order valence-corrected chi connectivity index (χ3v) is 4.76. The van der Waals surface area contributed by atoms with Crippen LogP contribution in [0.15, 0.2) is 60.0 Å². The standard InChI is InChI=1S/C21H21N5O/c1-14(12-26-13-22-19-9-5-6-10-20(19)26)21(27)25-23-11-17-15(2)24-18-8-4-3-7-16(17)18/h3-11,13-14,24H,12H2,1-2H3,(H,25,27)/b23-11+. The molecule has 0 saturated carbocycles. The van der Waals surface area contributed by atoms with E-state index in [1.165, 1.54) is 0 Å². The largest absolute Gasteiger partial charge is 0.358 e. The monoisotopic (exact) mass is 359 g/mol. The minimum atomic E-state index is -0.233. The zero-order chi connectivity index (χ0) is 18.8. The van der Waals surface area contributed by atoms with Gasteiger partial charge in [0.05, 0.1) is 29.5 Å². The quantitative estimate of drug-likeness (QED) is 0.422. The number of carbonyl (C=O) groups excluding carboxylic acids is 1. The van der Waals surface area contributed by atoms with Gasteiger partial charge in [-0.2, -0.15) is 5.10 Å². The van der Waals surface area contributed by atoms with Gasteiger partial charge in [-0.05, 0) is 25.1 Å². The average Bonchev–Trinajstić information content (AvgIpc) is 3.22. The topological polar surface area (TPSA) is 75.1 Å². The predicted octanol–water partition coefficient (Wildman–Crippen LogP) is 3.61. The summed E-state index contributed by atoms with van der Waals surface area (Å²) in [5, 5.41) is 5.26. The van der Waals surface area contributed by atoms with Gasteiger partial charge < -0.3 is 9.55 Å². The van der Waals surface area contributed by atoms with Crippen LogP contribution in [-0.2, 0) is 11.3 Å². The molecule has 2 heterocycles. The maximum Gasteiger partial charge on any atom is 0.244 e. The Hall–Kier alpha value is -3.41. The first-order chi connectivity index (χ1) is 13.1. The van der Waals surface area contributed by atoms with E-state index in [1.54, 1.807) is 12.5 Å². The number of nitrogens with zero attached hydrogens (tertiary/aromatic N) is 3. The Morgan fingerprint density at radius 1 is 1.26 bits per heavy atom. The summed E-state index contributed by atoms with van der Waals surface area (Å²) in [6.07, 6.45) is 3.47. The van der Waals surface area contributed by atoms with E-state index in [-0.39, 0.29) is 11.8 Å². The highest BCUT2D eigenvalue weighted by atomic mass is 16.2. The first-order valence-electron chi connectivity index (χ1n) is 8.93. The van der Waals surface area contributed by atoms with Gasteiger partial charge in [-0.1, -0.05) is 37.3 Å². The van der Waals surface area contributed by atoms with Crippen LogP contribution in [0.2, 0.25) is 0 Å². The minimum Gasteiger partial charge on any atom is -0.358 e.